The van der Waals surface area contributed by atoms with Crippen molar-refractivity contribution in [2.24, 2.45) is 5.92 Å². The van der Waals surface area contributed by atoms with Crippen LogP contribution >= 0.6 is 0 Å². The van der Waals surface area contributed by atoms with Gasteiger partial charge in [-0.05, 0) is 23.8 Å². The summed E-state index contributed by atoms with van der Waals surface area (Å²) in [5.74, 6) is -1.84. The molecule has 9 heteroatoms. The molecule has 0 aliphatic heterocycles. The molecule has 1 amide bonds. The monoisotopic (exact) mass is 410 g/mol. The first-order valence-electron chi connectivity index (χ1n) is 8.60. The highest BCUT2D eigenvalue weighted by atomic mass is 19.3. The summed E-state index contributed by atoms with van der Waals surface area (Å²) in [5.41, 5.74) is 0.781. The molecule has 1 aromatic carbocycles. The zero-order chi connectivity index (χ0) is 21.0. The van der Waals surface area contributed by atoms with Gasteiger partial charge in [0, 0.05) is 48.8 Å². The molecule has 0 atom stereocenters. The standard InChI is InChI=1S/C20H15F5N2O2/c21-16-4-3-15(17(22)18(16)23)11-29-19(28)27-10-14-5-12(8-26-9-14)1-2-13-6-20(24,25)7-13/h3-5,8-9,13H,6-7,10-11H2,(H,27,28). The van der Waals surface area contributed by atoms with E-state index in [1.807, 2.05) is 0 Å². The largest absolute Gasteiger partial charge is 0.445 e. The summed E-state index contributed by atoms with van der Waals surface area (Å²) in [6.07, 6.45) is 1.54. The predicted octanol–water partition coefficient (Wildman–Crippen LogP) is 4.32. The zero-order valence-corrected chi connectivity index (χ0v) is 14.9. The Labute approximate surface area is 163 Å². The van der Waals surface area contributed by atoms with Crippen LogP contribution < -0.4 is 5.32 Å². The molecule has 0 saturated heterocycles. The third-order valence-electron chi connectivity index (χ3n) is 4.22. The molecule has 2 aromatic rings. The van der Waals surface area contributed by atoms with Gasteiger partial charge in [0.25, 0.3) is 5.92 Å². The van der Waals surface area contributed by atoms with Crippen molar-refractivity contribution in [1.82, 2.24) is 10.3 Å². The molecule has 1 heterocycles. The number of amides is 1. The van der Waals surface area contributed by atoms with E-state index in [2.05, 4.69) is 22.1 Å². The molecule has 1 N–H and O–H groups in total. The van der Waals surface area contributed by atoms with Crippen molar-refractivity contribution in [1.29, 1.82) is 0 Å². The van der Waals surface area contributed by atoms with Gasteiger partial charge in [-0.2, -0.15) is 0 Å². The molecule has 3 rings (SSSR count). The molecule has 1 saturated carbocycles. The fourth-order valence-corrected chi connectivity index (χ4v) is 2.65. The van der Waals surface area contributed by atoms with Gasteiger partial charge < -0.3 is 10.1 Å². The Morgan fingerprint density at radius 1 is 1.21 bits per heavy atom. The van der Waals surface area contributed by atoms with Crippen LogP contribution in [0, 0.1) is 35.2 Å². The van der Waals surface area contributed by atoms with Gasteiger partial charge in [0.1, 0.15) is 6.61 Å². The van der Waals surface area contributed by atoms with Gasteiger partial charge in [-0.1, -0.05) is 11.8 Å². The fraction of sp³-hybridized carbons (Fsp3) is 0.300. The van der Waals surface area contributed by atoms with Crippen LogP contribution in [-0.2, 0) is 17.9 Å². The number of pyridine rings is 1. The normalized spacial score (nSPS) is 15.1. The molecule has 0 spiro atoms. The Hall–Kier alpha value is -3.15. The fourth-order valence-electron chi connectivity index (χ4n) is 2.65. The third kappa shape index (κ3) is 5.44. The van der Waals surface area contributed by atoms with E-state index in [9.17, 15) is 26.7 Å². The van der Waals surface area contributed by atoms with Crippen LogP contribution in [0.2, 0.25) is 0 Å². The van der Waals surface area contributed by atoms with Crippen molar-refractivity contribution < 1.29 is 31.5 Å². The Balaban J connectivity index is 1.49. The maximum atomic E-state index is 13.5. The lowest BCUT2D eigenvalue weighted by Crippen LogP contribution is -2.34. The number of carbonyl (C=O) groups is 1. The quantitative estimate of drug-likeness (QED) is 0.464. The van der Waals surface area contributed by atoms with E-state index in [-0.39, 0.29) is 30.9 Å². The minimum atomic E-state index is -2.63. The molecule has 4 nitrogen and oxygen atoms in total. The van der Waals surface area contributed by atoms with E-state index in [1.54, 1.807) is 6.07 Å². The molecular formula is C20H15F5N2O2. The second kappa shape index (κ2) is 8.47. The Bertz CT molecular complexity index is 977. The molecule has 1 aliphatic rings. The van der Waals surface area contributed by atoms with Crippen LogP contribution in [0.5, 0.6) is 0 Å². The van der Waals surface area contributed by atoms with Gasteiger partial charge in [-0.25, -0.2) is 26.7 Å². The van der Waals surface area contributed by atoms with E-state index in [0.717, 1.165) is 12.1 Å². The highest BCUT2D eigenvalue weighted by Crippen LogP contribution is 2.41. The second-order valence-electron chi connectivity index (χ2n) is 6.58. The van der Waals surface area contributed by atoms with Crippen molar-refractivity contribution in [3.05, 3.63) is 64.7 Å². The number of rotatable bonds is 4. The highest BCUT2D eigenvalue weighted by Gasteiger charge is 2.44. The number of halogens is 5. The number of aromatic nitrogens is 1. The van der Waals surface area contributed by atoms with Gasteiger partial charge in [0.15, 0.2) is 17.5 Å². The second-order valence-corrected chi connectivity index (χ2v) is 6.58. The minimum absolute atomic E-state index is 0.0170. The van der Waals surface area contributed by atoms with Crippen molar-refractivity contribution >= 4 is 6.09 Å². The summed E-state index contributed by atoms with van der Waals surface area (Å²) in [5, 5.41) is 2.40. The average molecular weight is 410 g/mol. The van der Waals surface area contributed by atoms with Crippen LogP contribution in [0.3, 0.4) is 0 Å². The number of alkyl carbamates (subject to hydrolysis) is 1. The van der Waals surface area contributed by atoms with Crippen LogP contribution in [0.1, 0.15) is 29.5 Å². The molecule has 0 bridgehead atoms. The van der Waals surface area contributed by atoms with Crippen LogP contribution in [0.4, 0.5) is 26.7 Å². The van der Waals surface area contributed by atoms with Crippen molar-refractivity contribution in [2.75, 3.05) is 0 Å². The van der Waals surface area contributed by atoms with E-state index >= 15 is 0 Å². The first kappa shape index (κ1) is 20.6. The molecule has 1 fully saturated rings. The molecule has 1 aliphatic carbocycles. The number of nitrogens with one attached hydrogen (secondary N) is 1. The number of carbonyl (C=O) groups excluding carboxylic acids is 1. The Kier molecular flexibility index (Phi) is 6.01. The van der Waals surface area contributed by atoms with Gasteiger partial charge in [0.2, 0.25) is 0 Å². The predicted molar refractivity (Wildman–Crippen MR) is 92.1 cm³/mol. The Morgan fingerprint density at radius 3 is 2.69 bits per heavy atom. The van der Waals surface area contributed by atoms with E-state index in [4.69, 9.17) is 4.74 Å². The van der Waals surface area contributed by atoms with Gasteiger partial charge in [-0.15, -0.1) is 0 Å². The van der Waals surface area contributed by atoms with Gasteiger partial charge in [0.05, 0.1) is 0 Å². The number of hydrogen-bond acceptors (Lipinski definition) is 3. The number of alkyl halides is 2. The molecular weight excluding hydrogens is 395 g/mol. The van der Waals surface area contributed by atoms with Crippen LogP contribution in [0.25, 0.3) is 0 Å². The summed E-state index contributed by atoms with van der Waals surface area (Å²) >= 11 is 0. The molecule has 0 unspecified atom stereocenters. The highest BCUT2D eigenvalue weighted by molar-refractivity contribution is 5.67. The lowest BCUT2D eigenvalue weighted by atomic mass is 9.82. The van der Waals surface area contributed by atoms with Gasteiger partial charge >= 0.3 is 6.09 Å². The first-order chi connectivity index (χ1) is 13.7. The summed E-state index contributed by atoms with van der Waals surface area (Å²) in [6, 6.07) is 3.34. The maximum absolute atomic E-state index is 13.5. The average Bonchev–Trinajstić information content (AvgIpc) is 2.67. The topological polar surface area (TPSA) is 51.2 Å². The van der Waals surface area contributed by atoms with Gasteiger partial charge in [-0.3, -0.25) is 4.98 Å². The summed E-state index contributed by atoms with van der Waals surface area (Å²) in [6.45, 7) is -0.562. The van der Waals surface area contributed by atoms with Crippen LogP contribution in [0.15, 0.2) is 30.6 Å². The lowest BCUT2D eigenvalue weighted by molar-refractivity contribution is -0.0936. The first-order valence-corrected chi connectivity index (χ1v) is 8.60. The third-order valence-corrected chi connectivity index (χ3v) is 4.22. The van der Waals surface area contributed by atoms with E-state index in [1.165, 1.54) is 12.4 Å². The zero-order valence-electron chi connectivity index (χ0n) is 14.9. The summed E-state index contributed by atoms with van der Waals surface area (Å²) in [7, 11) is 0. The number of hydrogen-bond donors (Lipinski definition) is 1. The number of nitrogens with zero attached hydrogens (tertiary/aromatic N) is 1. The summed E-state index contributed by atoms with van der Waals surface area (Å²) < 4.78 is 69.9. The number of ether oxygens (including phenoxy) is 1. The molecule has 0 radical (unpaired) electrons. The van der Waals surface area contributed by atoms with E-state index < -0.39 is 36.1 Å². The van der Waals surface area contributed by atoms with E-state index in [0.29, 0.717) is 11.1 Å². The lowest BCUT2D eigenvalue weighted by Gasteiger charge is -2.31. The van der Waals surface area contributed by atoms with Crippen molar-refractivity contribution in [3.63, 3.8) is 0 Å². The van der Waals surface area contributed by atoms with Crippen molar-refractivity contribution in [2.45, 2.75) is 31.9 Å². The molecule has 29 heavy (non-hydrogen) atoms. The minimum Gasteiger partial charge on any atom is -0.445 e. The maximum Gasteiger partial charge on any atom is 0.407 e. The molecule has 1 aromatic heterocycles. The number of benzene rings is 1. The smallest absolute Gasteiger partial charge is 0.407 e. The SMILES string of the molecule is O=C(NCc1cncc(C#CC2CC(F)(F)C2)c1)OCc1ccc(F)c(F)c1F. The summed E-state index contributed by atoms with van der Waals surface area (Å²) in [4.78, 5) is 15.7. The Morgan fingerprint density at radius 2 is 1.97 bits per heavy atom. The van der Waals surface area contributed by atoms with Crippen molar-refractivity contribution in [3.8, 4) is 11.8 Å². The molecule has 152 valence electrons. The van der Waals surface area contributed by atoms with Crippen LogP contribution in [-0.4, -0.2) is 17.0 Å².